The summed E-state index contributed by atoms with van der Waals surface area (Å²) in [5, 5.41) is 10.8. The Bertz CT molecular complexity index is 822. The molecule has 26 heavy (non-hydrogen) atoms. The van der Waals surface area contributed by atoms with Crippen molar-refractivity contribution in [2.24, 2.45) is 4.99 Å². The number of ether oxygens (including phenoxy) is 4. The van der Waals surface area contributed by atoms with Crippen LogP contribution in [0.2, 0.25) is 0 Å². The molecule has 0 atom stereocenters. The van der Waals surface area contributed by atoms with Gasteiger partial charge in [-0.2, -0.15) is 0 Å². The van der Waals surface area contributed by atoms with E-state index in [1.165, 1.54) is 7.11 Å². The molecule has 1 N–H and O–H groups in total. The van der Waals surface area contributed by atoms with E-state index in [2.05, 4.69) is 4.99 Å². The van der Waals surface area contributed by atoms with Crippen molar-refractivity contribution in [1.29, 1.82) is 0 Å². The molecule has 1 aliphatic heterocycles. The average molecular weight is 357 g/mol. The Labute approximate surface area is 153 Å². The Balaban J connectivity index is 2.03. The number of aliphatic imine (C=N–C) groups is 1. The van der Waals surface area contributed by atoms with Gasteiger partial charge in [0, 0.05) is 24.6 Å². The normalized spacial score (nSPS) is 12.8. The standard InChI is InChI=1S/C20H23NO5/c1-23-14-7-12(8-15(11-14)24-2)9-16-18-13(5-6-21-16)10-17(25-3)20(26-4)19(18)22/h7-8,10-11,22H,5-6,9H2,1-4H3. The van der Waals surface area contributed by atoms with Gasteiger partial charge in [-0.3, -0.25) is 4.99 Å². The second-order valence-electron chi connectivity index (χ2n) is 5.97. The van der Waals surface area contributed by atoms with Crippen LogP contribution in [0.1, 0.15) is 16.7 Å². The van der Waals surface area contributed by atoms with Crippen LogP contribution in [0.25, 0.3) is 0 Å². The predicted molar refractivity (Wildman–Crippen MR) is 99.6 cm³/mol. The maximum atomic E-state index is 10.8. The molecule has 0 spiro atoms. The summed E-state index contributed by atoms with van der Waals surface area (Å²) in [5.41, 5.74) is 3.51. The molecular weight excluding hydrogens is 334 g/mol. The van der Waals surface area contributed by atoms with Crippen LogP contribution in [0.3, 0.4) is 0 Å². The van der Waals surface area contributed by atoms with E-state index in [0.717, 1.165) is 28.8 Å². The van der Waals surface area contributed by atoms with Crippen molar-refractivity contribution in [3.8, 4) is 28.7 Å². The van der Waals surface area contributed by atoms with Crippen LogP contribution in [0.4, 0.5) is 0 Å². The number of hydrogen-bond acceptors (Lipinski definition) is 6. The lowest BCUT2D eigenvalue weighted by atomic mass is 9.92. The first kappa shape index (κ1) is 17.9. The molecule has 6 nitrogen and oxygen atoms in total. The van der Waals surface area contributed by atoms with Gasteiger partial charge in [0.25, 0.3) is 0 Å². The molecule has 0 amide bonds. The Morgan fingerprint density at radius 3 is 2.19 bits per heavy atom. The number of rotatable bonds is 6. The Hall–Kier alpha value is -2.89. The first-order valence-corrected chi connectivity index (χ1v) is 8.33. The highest BCUT2D eigenvalue weighted by molar-refractivity contribution is 6.07. The lowest BCUT2D eigenvalue weighted by Crippen LogP contribution is -2.16. The van der Waals surface area contributed by atoms with Crippen LogP contribution in [0.15, 0.2) is 29.3 Å². The minimum absolute atomic E-state index is 0.0650. The second-order valence-corrected chi connectivity index (χ2v) is 5.97. The molecule has 1 heterocycles. The van der Waals surface area contributed by atoms with Crippen molar-refractivity contribution < 1.29 is 24.1 Å². The van der Waals surface area contributed by atoms with Crippen LogP contribution in [-0.4, -0.2) is 45.8 Å². The molecule has 0 aromatic heterocycles. The number of nitrogens with zero attached hydrogens (tertiary/aromatic N) is 1. The summed E-state index contributed by atoms with van der Waals surface area (Å²) < 4.78 is 21.4. The van der Waals surface area contributed by atoms with Crippen LogP contribution < -0.4 is 18.9 Å². The molecular formula is C20H23NO5. The van der Waals surface area contributed by atoms with Crippen molar-refractivity contribution in [1.82, 2.24) is 0 Å². The fraction of sp³-hybridized carbons (Fsp3) is 0.350. The van der Waals surface area contributed by atoms with Gasteiger partial charge in [-0.15, -0.1) is 0 Å². The maximum absolute atomic E-state index is 10.8. The molecule has 0 radical (unpaired) electrons. The van der Waals surface area contributed by atoms with E-state index in [-0.39, 0.29) is 5.75 Å². The zero-order valence-electron chi connectivity index (χ0n) is 15.5. The van der Waals surface area contributed by atoms with Gasteiger partial charge in [0.1, 0.15) is 11.5 Å². The van der Waals surface area contributed by atoms with Crippen LogP contribution in [-0.2, 0) is 12.8 Å². The Kier molecular flexibility index (Phi) is 5.21. The minimum Gasteiger partial charge on any atom is -0.504 e. The zero-order chi connectivity index (χ0) is 18.7. The molecule has 0 saturated carbocycles. The number of methoxy groups -OCH3 is 4. The number of fused-ring (bicyclic) bond motifs is 1. The minimum atomic E-state index is 0.0650. The van der Waals surface area contributed by atoms with Gasteiger partial charge >= 0.3 is 0 Å². The van der Waals surface area contributed by atoms with Gasteiger partial charge in [-0.25, -0.2) is 0 Å². The topological polar surface area (TPSA) is 69.5 Å². The zero-order valence-corrected chi connectivity index (χ0v) is 15.5. The molecule has 2 aromatic rings. The summed E-state index contributed by atoms with van der Waals surface area (Å²) in [5.74, 6) is 2.34. The van der Waals surface area contributed by atoms with Gasteiger partial charge in [-0.1, -0.05) is 0 Å². The van der Waals surface area contributed by atoms with E-state index < -0.39 is 0 Å². The molecule has 3 rings (SSSR count). The maximum Gasteiger partial charge on any atom is 0.203 e. The van der Waals surface area contributed by atoms with Gasteiger partial charge in [-0.05, 0) is 35.7 Å². The Morgan fingerprint density at radius 1 is 0.923 bits per heavy atom. The van der Waals surface area contributed by atoms with Crippen molar-refractivity contribution in [3.05, 3.63) is 41.0 Å². The molecule has 0 saturated heterocycles. The number of hydrogen-bond donors (Lipinski definition) is 1. The van der Waals surface area contributed by atoms with Crippen LogP contribution in [0, 0.1) is 0 Å². The molecule has 0 aliphatic carbocycles. The summed E-state index contributed by atoms with van der Waals surface area (Å²) in [6.45, 7) is 0.665. The molecule has 2 aromatic carbocycles. The highest BCUT2D eigenvalue weighted by Crippen LogP contribution is 2.43. The molecule has 1 aliphatic rings. The lowest BCUT2D eigenvalue weighted by Gasteiger charge is -2.22. The van der Waals surface area contributed by atoms with Gasteiger partial charge in [0.05, 0.1) is 34.2 Å². The van der Waals surface area contributed by atoms with E-state index in [4.69, 9.17) is 18.9 Å². The van der Waals surface area contributed by atoms with Gasteiger partial charge in [0.2, 0.25) is 5.75 Å². The fourth-order valence-corrected chi connectivity index (χ4v) is 3.24. The monoisotopic (exact) mass is 357 g/mol. The first-order chi connectivity index (χ1) is 12.6. The third kappa shape index (κ3) is 3.27. The van der Waals surface area contributed by atoms with E-state index in [1.54, 1.807) is 21.3 Å². The number of phenolic OH excluding ortho intramolecular Hbond substituents is 1. The lowest BCUT2D eigenvalue weighted by molar-refractivity contribution is 0.332. The summed E-state index contributed by atoms with van der Waals surface area (Å²) in [6.07, 6.45) is 1.29. The van der Waals surface area contributed by atoms with Crippen molar-refractivity contribution >= 4 is 5.71 Å². The highest BCUT2D eigenvalue weighted by Gasteiger charge is 2.25. The third-order valence-corrected chi connectivity index (χ3v) is 4.48. The van der Waals surface area contributed by atoms with E-state index >= 15 is 0 Å². The van der Waals surface area contributed by atoms with E-state index in [0.29, 0.717) is 36.0 Å². The molecule has 0 unspecified atom stereocenters. The average Bonchev–Trinajstić information content (AvgIpc) is 2.67. The van der Waals surface area contributed by atoms with E-state index in [1.807, 2.05) is 24.3 Å². The first-order valence-electron chi connectivity index (χ1n) is 8.33. The quantitative estimate of drug-likeness (QED) is 0.861. The molecule has 0 bridgehead atoms. The summed E-state index contributed by atoms with van der Waals surface area (Å²) in [7, 11) is 6.31. The van der Waals surface area contributed by atoms with Crippen molar-refractivity contribution in [3.63, 3.8) is 0 Å². The summed E-state index contributed by atoms with van der Waals surface area (Å²) in [4.78, 5) is 4.65. The highest BCUT2D eigenvalue weighted by atomic mass is 16.5. The van der Waals surface area contributed by atoms with E-state index in [9.17, 15) is 5.11 Å². The number of benzene rings is 2. The SMILES string of the molecule is COc1cc(CC2=NCCc3cc(OC)c(OC)c(O)c32)cc(OC)c1. The summed E-state index contributed by atoms with van der Waals surface area (Å²) in [6, 6.07) is 7.62. The Morgan fingerprint density at radius 2 is 1.62 bits per heavy atom. The number of phenols is 1. The van der Waals surface area contributed by atoms with Crippen LogP contribution in [0.5, 0.6) is 28.7 Å². The van der Waals surface area contributed by atoms with Gasteiger partial charge in [0.15, 0.2) is 11.5 Å². The van der Waals surface area contributed by atoms with Crippen molar-refractivity contribution in [2.75, 3.05) is 35.0 Å². The molecule has 6 heteroatoms. The largest absolute Gasteiger partial charge is 0.504 e. The summed E-state index contributed by atoms with van der Waals surface area (Å²) >= 11 is 0. The second kappa shape index (κ2) is 7.56. The third-order valence-electron chi connectivity index (χ3n) is 4.48. The van der Waals surface area contributed by atoms with Crippen LogP contribution >= 0.6 is 0 Å². The smallest absolute Gasteiger partial charge is 0.203 e. The predicted octanol–water partition coefficient (Wildman–Crippen LogP) is 3.01. The fourth-order valence-electron chi connectivity index (χ4n) is 3.24. The van der Waals surface area contributed by atoms with Gasteiger partial charge < -0.3 is 24.1 Å². The molecule has 0 fully saturated rings. The van der Waals surface area contributed by atoms with Crippen molar-refractivity contribution in [2.45, 2.75) is 12.8 Å². The number of aromatic hydroxyl groups is 1. The molecule has 138 valence electrons.